The molecule has 0 spiro atoms. The number of hydrogen-bond donors (Lipinski definition) is 3. The lowest BCUT2D eigenvalue weighted by molar-refractivity contribution is -0.142. The number of piperidine rings is 1. The molecule has 1 aliphatic heterocycles. The third-order valence-corrected chi connectivity index (χ3v) is 5.81. The molecule has 2 heterocycles. The normalized spacial score (nSPS) is 14.0. The van der Waals surface area contributed by atoms with Gasteiger partial charge in [-0.3, -0.25) is 9.59 Å². The number of nitrogens with zero attached hydrogens (tertiary/aromatic N) is 3. The Kier molecular flexibility index (Phi) is 7.04. The van der Waals surface area contributed by atoms with Crippen LogP contribution in [0.5, 0.6) is 0 Å². The molecule has 170 valence electrons. The maximum Gasteiger partial charge on any atom is 0.306 e. The molecule has 3 aromatic rings. The number of hydrogen-bond acceptors (Lipinski definition) is 6. The second-order valence-corrected chi connectivity index (χ2v) is 8.27. The summed E-state index contributed by atoms with van der Waals surface area (Å²) in [4.78, 5) is 35.1. The molecule has 0 radical (unpaired) electrons. The van der Waals surface area contributed by atoms with Gasteiger partial charge < -0.3 is 20.6 Å². The molecule has 9 heteroatoms. The van der Waals surface area contributed by atoms with Gasteiger partial charge in [0.2, 0.25) is 5.95 Å². The number of nitrogens with one attached hydrogen (secondary N) is 2. The van der Waals surface area contributed by atoms with Crippen LogP contribution in [-0.2, 0) is 11.3 Å². The van der Waals surface area contributed by atoms with E-state index in [0.29, 0.717) is 60.5 Å². The van der Waals surface area contributed by atoms with Crippen LogP contribution in [0.15, 0.2) is 60.8 Å². The minimum atomic E-state index is -0.763. The van der Waals surface area contributed by atoms with Crippen LogP contribution in [0.3, 0.4) is 0 Å². The Morgan fingerprint density at radius 3 is 2.42 bits per heavy atom. The van der Waals surface area contributed by atoms with Gasteiger partial charge in [0.15, 0.2) is 5.82 Å². The highest BCUT2D eigenvalue weighted by Gasteiger charge is 2.26. The highest BCUT2D eigenvalue weighted by atomic mass is 35.5. The molecule has 1 fully saturated rings. The summed E-state index contributed by atoms with van der Waals surface area (Å²) in [6.45, 7) is 1.64. The van der Waals surface area contributed by atoms with Crippen LogP contribution in [0.4, 0.5) is 17.5 Å². The van der Waals surface area contributed by atoms with Crippen LogP contribution < -0.4 is 15.5 Å². The van der Waals surface area contributed by atoms with Crippen molar-refractivity contribution < 1.29 is 14.7 Å². The third kappa shape index (κ3) is 5.78. The van der Waals surface area contributed by atoms with E-state index in [9.17, 15) is 14.7 Å². The van der Waals surface area contributed by atoms with Gasteiger partial charge in [0.05, 0.1) is 12.1 Å². The zero-order valence-electron chi connectivity index (χ0n) is 17.9. The summed E-state index contributed by atoms with van der Waals surface area (Å²) >= 11 is 5.92. The van der Waals surface area contributed by atoms with E-state index in [0.717, 1.165) is 5.56 Å². The molecular weight excluding hydrogens is 442 g/mol. The van der Waals surface area contributed by atoms with E-state index in [1.807, 2.05) is 35.2 Å². The number of carboxylic acids is 1. The van der Waals surface area contributed by atoms with E-state index in [1.165, 1.54) is 0 Å². The molecule has 1 aromatic heterocycles. The molecule has 0 atom stereocenters. The molecule has 2 aromatic carbocycles. The van der Waals surface area contributed by atoms with Crippen LogP contribution in [-0.4, -0.2) is 40.0 Å². The van der Waals surface area contributed by atoms with Crippen LogP contribution in [0.1, 0.15) is 28.8 Å². The average Bonchev–Trinajstić information content (AvgIpc) is 2.84. The van der Waals surface area contributed by atoms with E-state index in [1.54, 1.807) is 30.5 Å². The molecule has 3 N–H and O–H groups in total. The van der Waals surface area contributed by atoms with Gasteiger partial charge in [-0.25, -0.2) is 4.98 Å². The number of carbonyl (C=O) groups excluding carboxylic acids is 1. The van der Waals surface area contributed by atoms with Gasteiger partial charge in [0.1, 0.15) is 5.69 Å². The maximum atomic E-state index is 12.7. The molecule has 4 rings (SSSR count). The average molecular weight is 466 g/mol. The number of amides is 1. The molecule has 33 heavy (non-hydrogen) atoms. The fourth-order valence-electron chi connectivity index (χ4n) is 3.65. The zero-order valence-corrected chi connectivity index (χ0v) is 18.6. The summed E-state index contributed by atoms with van der Waals surface area (Å²) in [5.74, 6) is -0.408. The number of benzene rings is 2. The van der Waals surface area contributed by atoms with Crippen molar-refractivity contribution in [1.82, 2.24) is 9.97 Å². The van der Waals surface area contributed by atoms with Crippen molar-refractivity contribution in [3.63, 3.8) is 0 Å². The monoisotopic (exact) mass is 465 g/mol. The fraction of sp³-hybridized carbons (Fsp3) is 0.250. The molecule has 1 saturated heterocycles. The summed E-state index contributed by atoms with van der Waals surface area (Å²) in [5.41, 5.74) is 1.98. The van der Waals surface area contributed by atoms with Crippen LogP contribution in [0.2, 0.25) is 5.02 Å². The van der Waals surface area contributed by atoms with Gasteiger partial charge in [-0.15, -0.1) is 0 Å². The van der Waals surface area contributed by atoms with Crippen LogP contribution in [0.25, 0.3) is 0 Å². The SMILES string of the molecule is O=C(Nc1cnc(N2CCC(C(=O)O)CC2)nc1NCc1ccccc1)c1ccc(Cl)cc1. The highest BCUT2D eigenvalue weighted by molar-refractivity contribution is 6.30. The lowest BCUT2D eigenvalue weighted by Gasteiger charge is -2.30. The molecular formula is C24H24ClN5O3. The molecule has 0 unspecified atom stereocenters. The topological polar surface area (TPSA) is 107 Å². The quantitative estimate of drug-likeness (QED) is 0.477. The fourth-order valence-corrected chi connectivity index (χ4v) is 3.78. The highest BCUT2D eigenvalue weighted by Crippen LogP contribution is 2.26. The van der Waals surface area contributed by atoms with Crippen molar-refractivity contribution in [3.05, 3.63) is 76.9 Å². The van der Waals surface area contributed by atoms with Crippen LogP contribution >= 0.6 is 11.6 Å². The summed E-state index contributed by atoms with van der Waals surface area (Å²) < 4.78 is 0. The number of aromatic nitrogens is 2. The van der Waals surface area contributed by atoms with Gasteiger partial charge in [-0.2, -0.15) is 4.98 Å². The zero-order chi connectivity index (χ0) is 23.2. The Bertz CT molecular complexity index is 1120. The lowest BCUT2D eigenvalue weighted by atomic mass is 9.97. The molecule has 0 bridgehead atoms. The minimum Gasteiger partial charge on any atom is -0.481 e. The van der Waals surface area contributed by atoms with E-state index in [4.69, 9.17) is 11.6 Å². The second kappa shape index (κ2) is 10.3. The van der Waals surface area contributed by atoms with Gasteiger partial charge >= 0.3 is 5.97 Å². The number of carbonyl (C=O) groups is 2. The Hall–Kier alpha value is -3.65. The molecule has 0 saturated carbocycles. The largest absolute Gasteiger partial charge is 0.481 e. The first kappa shape index (κ1) is 22.5. The van der Waals surface area contributed by atoms with Crippen molar-refractivity contribution in [2.45, 2.75) is 19.4 Å². The molecule has 0 aliphatic carbocycles. The minimum absolute atomic E-state index is 0.298. The van der Waals surface area contributed by atoms with Gasteiger partial charge in [-0.1, -0.05) is 41.9 Å². The summed E-state index contributed by atoms with van der Waals surface area (Å²) in [6.07, 6.45) is 2.66. The van der Waals surface area contributed by atoms with Crippen molar-refractivity contribution in [1.29, 1.82) is 0 Å². The Morgan fingerprint density at radius 2 is 1.76 bits per heavy atom. The predicted octanol–water partition coefficient (Wildman–Crippen LogP) is 4.30. The third-order valence-electron chi connectivity index (χ3n) is 5.56. The van der Waals surface area contributed by atoms with Crippen molar-refractivity contribution in [3.8, 4) is 0 Å². The number of carboxylic acid groups (broad SMARTS) is 1. The van der Waals surface area contributed by atoms with E-state index in [-0.39, 0.29) is 11.8 Å². The number of aliphatic carboxylic acids is 1. The summed E-state index contributed by atoms with van der Waals surface area (Å²) in [6, 6.07) is 16.5. The summed E-state index contributed by atoms with van der Waals surface area (Å²) in [5, 5.41) is 16.0. The van der Waals surface area contributed by atoms with E-state index < -0.39 is 5.97 Å². The van der Waals surface area contributed by atoms with E-state index in [2.05, 4.69) is 20.6 Å². The molecule has 8 nitrogen and oxygen atoms in total. The van der Waals surface area contributed by atoms with Crippen molar-refractivity contribution >= 4 is 40.9 Å². The first-order valence-corrected chi connectivity index (χ1v) is 11.1. The summed E-state index contributed by atoms with van der Waals surface area (Å²) in [7, 11) is 0. The number of anilines is 3. The Balaban J connectivity index is 1.54. The van der Waals surface area contributed by atoms with Gasteiger partial charge in [0.25, 0.3) is 5.91 Å². The van der Waals surface area contributed by atoms with Crippen molar-refractivity contribution in [2.24, 2.45) is 5.92 Å². The first-order valence-electron chi connectivity index (χ1n) is 10.7. The Labute approximate surface area is 196 Å². The lowest BCUT2D eigenvalue weighted by Crippen LogP contribution is -2.37. The first-order chi connectivity index (χ1) is 16.0. The maximum absolute atomic E-state index is 12.7. The second-order valence-electron chi connectivity index (χ2n) is 7.83. The number of rotatable bonds is 7. The predicted molar refractivity (Wildman–Crippen MR) is 128 cm³/mol. The smallest absolute Gasteiger partial charge is 0.306 e. The van der Waals surface area contributed by atoms with Crippen molar-refractivity contribution in [2.75, 3.05) is 28.6 Å². The van der Waals surface area contributed by atoms with Gasteiger partial charge in [-0.05, 0) is 42.7 Å². The van der Waals surface area contributed by atoms with E-state index >= 15 is 0 Å². The standard InChI is InChI=1S/C24H24ClN5O3/c25-19-8-6-17(7-9-19)22(31)28-20-15-27-24(30-12-10-18(11-13-30)23(32)33)29-21(20)26-14-16-4-2-1-3-5-16/h1-9,15,18H,10-14H2,(H,28,31)(H,32,33)(H,26,27,29). The van der Waals surface area contributed by atoms with Gasteiger partial charge in [0, 0.05) is 30.2 Å². The van der Waals surface area contributed by atoms with Crippen LogP contribution in [0, 0.1) is 5.92 Å². The number of halogens is 1. The molecule has 1 aliphatic rings. The molecule has 1 amide bonds. The Morgan fingerprint density at radius 1 is 1.06 bits per heavy atom.